The quantitative estimate of drug-likeness (QED) is 0.898. The van der Waals surface area contributed by atoms with Crippen molar-refractivity contribution in [1.82, 2.24) is 20.2 Å². The van der Waals surface area contributed by atoms with E-state index in [-0.39, 0.29) is 18.2 Å². The lowest BCUT2D eigenvalue weighted by Crippen LogP contribution is -2.53. The van der Waals surface area contributed by atoms with Crippen LogP contribution in [0.1, 0.15) is 49.9 Å². The number of morpholine rings is 1. The molecule has 0 bridgehead atoms. The number of rotatable bonds is 5. The lowest BCUT2D eigenvalue weighted by molar-refractivity contribution is -0.0730. The molecule has 1 aromatic heterocycles. The summed E-state index contributed by atoms with van der Waals surface area (Å²) in [5, 5.41) is 3.03. The highest BCUT2D eigenvalue weighted by Gasteiger charge is 2.38. The third-order valence-corrected chi connectivity index (χ3v) is 5.08. The molecular weight excluding hydrogens is 304 g/mol. The van der Waals surface area contributed by atoms with Crippen molar-refractivity contribution in [3.8, 4) is 0 Å². The normalized spacial score (nSPS) is 27.1. The molecule has 0 unspecified atom stereocenters. The van der Waals surface area contributed by atoms with Crippen molar-refractivity contribution in [2.75, 3.05) is 19.6 Å². The Bertz CT molecular complexity index is 583. The summed E-state index contributed by atoms with van der Waals surface area (Å²) in [4.78, 5) is 23.2. The first-order valence-corrected chi connectivity index (χ1v) is 9.18. The van der Waals surface area contributed by atoms with E-state index in [1.165, 1.54) is 25.7 Å². The summed E-state index contributed by atoms with van der Waals surface area (Å²) < 4.78 is 5.96. The van der Waals surface area contributed by atoms with Crippen LogP contribution in [0, 0.1) is 5.92 Å². The Morgan fingerprint density at radius 2 is 2.00 bits per heavy atom. The number of amides is 2. The van der Waals surface area contributed by atoms with Crippen LogP contribution in [0.5, 0.6) is 0 Å². The predicted molar refractivity (Wildman–Crippen MR) is 89.7 cm³/mol. The maximum absolute atomic E-state index is 12.4. The van der Waals surface area contributed by atoms with E-state index in [9.17, 15) is 4.79 Å². The summed E-state index contributed by atoms with van der Waals surface area (Å²) in [6, 6.07) is 0.0197. The molecule has 4 rings (SSSR count). The SMILES string of the molecule is C[C@H]1CN(C(=O)NCCc2cnc(C3CC3)nc2)C[C@@H](C2CC2)O1. The molecule has 2 amide bonds. The largest absolute Gasteiger partial charge is 0.371 e. The predicted octanol–water partition coefficient (Wildman–Crippen LogP) is 2.11. The van der Waals surface area contributed by atoms with E-state index in [0.29, 0.717) is 24.9 Å². The maximum atomic E-state index is 12.4. The average molecular weight is 330 g/mol. The van der Waals surface area contributed by atoms with Crippen LogP contribution in [0.2, 0.25) is 0 Å². The van der Waals surface area contributed by atoms with Gasteiger partial charge in [0, 0.05) is 37.9 Å². The molecule has 1 aromatic rings. The molecule has 0 aromatic carbocycles. The Morgan fingerprint density at radius 1 is 1.25 bits per heavy atom. The number of carbonyl (C=O) groups is 1. The second-order valence-electron chi connectivity index (χ2n) is 7.43. The van der Waals surface area contributed by atoms with Crippen molar-refractivity contribution in [3.05, 3.63) is 23.8 Å². The van der Waals surface area contributed by atoms with Crippen LogP contribution < -0.4 is 5.32 Å². The van der Waals surface area contributed by atoms with Gasteiger partial charge in [-0.1, -0.05) is 0 Å². The van der Waals surface area contributed by atoms with E-state index < -0.39 is 0 Å². The molecule has 6 heteroatoms. The summed E-state index contributed by atoms with van der Waals surface area (Å²) in [7, 11) is 0. The topological polar surface area (TPSA) is 67.4 Å². The molecule has 2 heterocycles. The first kappa shape index (κ1) is 15.8. The maximum Gasteiger partial charge on any atom is 0.317 e. The minimum absolute atomic E-state index is 0.0197. The molecular formula is C18H26N4O2. The summed E-state index contributed by atoms with van der Waals surface area (Å²) in [6.45, 7) is 4.06. The van der Waals surface area contributed by atoms with Gasteiger partial charge in [0.2, 0.25) is 0 Å². The van der Waals surface area contributed by atoms with E-state index in [1.54, 1.807) is 0 Å². The fraction of sp³-hybridized carbons (Fsp3) is 0.722. The molecule has 0 spiro atoms. The highest BCUT2D eigenvalue weighted by atomic mass is 16.5. The Hall–Kier alpha value is -1.69. The lowest BCUT2D eigenvalue weighted by atomic mass is 10.1. The molecule has 3 fully saturated rings. The summed E-state index contributed by atoms with van der Waals surface area (Å²) >= 11 is 0. The van der Waals surface area contributed by atoms with Crippen molar-refractivity contribution in [2.45, 2.75) is 57.2 Å². The second-order valence-corrected chi connectivity index (χ2v) is 7.43. The molecule has 24 heavy (non-hydrogen) atoms. The molecule has 6 nitrogen and oxygen atoms in total. The fourth-order valence-corrected chi connectivity index (χ4v) is 3.35. The first-order chi connectivity index (χ1) is 11.7. The zero-order chi connectivity index (χ0) is 16.5. The number of hydrogen-bond donors (Lipinski definition) is 1. The van der Waals surface area contributed by atoms with Crippen molar-refractivity contribution in [2.24, 2.45) is 5.92 Å². The van der Waals surface area contributed by atoms with Gasteiger partial charge < -0.3 is 15.0 Å². The zero-order valence-corrected chi connectivity index (χ0v) is 14.3. The van der Waals surface area contributed by atoms with Crippen LogP contribution in [0.25, 0.3) is 0 Å². The van der Waals surface area contributed by atoms with Crippen molar-refractivity contribution < 1.29 is 9.53 Å². The van der Waals surface area contributed by atoms with Gasteiger partial charge in [-0.05, 0) is 50.5 Å². The molecule has 3 aliphatic rings. The number of hydrogen-bond acceptors (Lipinski definition) is 4. The van der Waals surface area contributed by atoms with Gasteiger partial charge in [0.05, 0.1) is 12.2 Å². The molecule has 2 atom stereocenters. The second kappa shape index (κ2) is 6.67. The first-order valence-electron chi connectivity index (χ1n) is 9.18. The Kier molecular flexibility index (Phi) is 4.39. The fourth-order valence-electron chi connectivity index (χ4n) is 3.35. The molecule has 1 aliphatic heterocycles. The third kappa shape index (κ3) is 3.86. The molecule has 130 valence electrons. The Labute approximate surface area is 143 Å². The van der Waals surface area contributed by atoms with Crippen LogP contribution in [-0.2, 0) is 11.2 Å². The zero-order valence-electron chi connectivity index (χ0n) is 14.3. The highest BCUT2D eigenvalue weighted by Crippen LogP contribution is 2.37. The summed E-state index contributed by atoms with van der Waals surface area (Å²) in [5.41, 5.74) is 1.07. The molecule has 2 saturated carbocycles. The third-order valence-electron chi connectivity index (χ3n) is 5.08. The van der Waals surface area contributed by atoms with Gasteiger partial charge in [-0.25, -0.2) is 14.8 Å². The smallest absolute Gasteiger partial charge is 0.317 e. The molecule has 0 radical (unpaired) electrons. The lowest BCUT2D eigenvalue weighted by Gasteiger charge is -2.37. The Balaban J connectivity index is 1.23. The number of carbonyl (C=O) groups excluding carboxylic acids is 1. The van der Waals surface area contributed by atoms with Crippen LogP contribution in [0.3, 0.4) is 0 Å². The number of ether oxygens (including phenoxy) is 1. The molecule has 2 aliphatic carbocycles. The van der Waals surface area contributed by atoms with Gasteiger partial charge >= 0.3 is 6.03 Å². The molecule has 1 N–H and O–H groups in total. The number of aromatic nitrogens is 2. The van der Waals surface area contributed by atoms with Crippen LogP contribution >= 0.6 is 0 Å². The summed E-state index contributed by atoms with van der Waals surface area (Å²) in [6.07, 6.45) is 9.82. The summed E-state index contributed by atoms with van der Waals surface area (Å²) in [5.74, 6) is 2.21. The van der Waals surface area contributed by atoms with Crippen molar-refractivity contribution in [1.29, 1.82) is 0 Å². The van der Waals surface area contributed by atoms with E-state index in [2.05, 4.69) is 15.3 Å². The van der Waals surface area contributed by atoms with E-state index in [1.807, 2.05) is 24.2 Å². The number of nitrogens with one attached hydrogen (secondary N) is 1. The standard InChI is InChI=1S/C18H26N4O2/c1-12-10-22(11-16(24-12)14-2-3-14)18(23)19-7-6-13-8-20-17(21-9-13)15-4-5-15/h8-9,12,14-16H,2-7,10-11H2,1H3,(H,19,23)/t12-,16-/m0/s1. The monoisotopic (exact) mass is 330 g/mol. The van der Waals surface area contributed by atoms with Gasteiger partial charge in [-0.3, -0.25) is 0 Å². The minimum Gasteiger partial charge on any atom is -0.371 e. The van der Waals surface area contributed by atoms with Crippen LogP contribution in [-0.4, -0.2) is 52.7 Å². The van der Waals surface area contributed by atoms with Crippen molar-refractivity contribution >= 4 is 6.03 Å². The van der Waals surface area contributed by atoms with Gasteiger partial charge in [-0.2, -0.15) is 0 Å². The Morgan fingerprint density at radius 3 is 2.67 bits per heavy atom. The van der Waals surface area contributed by atoms with Gasteiger partial charge in [0.1, 0.15) is 5.82 Å². The van der Waals surface area contributed by atoms with Gasteiger partial charge in [-0.15, -0.1) is 0 Å². The van der Waals surface area contributed by atoms with E-state index >= 15 is 0 Å². The number of urea groups is 1. The van der Waals surface area contributed by atoms with E-state index in [0.717, 1.165) is 24.4 Å². The average Bonchev–Trinajstić information content (AvgIpc) is 3.48. The van der Waals surface area contributed by atoms with Crippen molar-refractivity contribution in [3.63, 3.8) is 0 Å². The van der Waals surface area contributed by atoms with Gasteiger partial charge in [0.15, 0.2) is 0 Å². The van der Waals surface area contributed by atoms with E-state index in [4.69, 9.17) is 4.74 Å². The van der Waals surface area contributed by atoms with Gasteiger partial charge in [0.25, 0.3) is 0 Å². The highest BCUT2D eigenvalue weighted by molar-refractivity contribution is 5.74. The molecule has 1 saturated heterocycles. The minimum atomic E-state index is 0.0197. The number of nitrogens with zero attached hydrogens (tertiary/aromatic N) is 3. The van der Waals surface area contributed by atoms with Crippen LogP contribution in [0.4, 0.5) is 4.79 Å². The van der Waals surface area contributed by atoms with Crippen LogP contribution in [0.15, 0.2) is 12.4 Å².